The van der Waals surface area contributed by atoms with Crippen LogP contribution in [0.25, 0.3) is 11.4 Å². The molecule has 0 radical (unpaired) electrons. The largest absolute Gasteiger partial charge is 0.485 e. The zero-order chi connectivity index (χ0) is 22.6. The van der Waals surface area contributed by atoms with Gasteiger partial charge in [-0.05, 0) is 24.1 Å². The first-order valence-corrected chi connectivity index (χ1v) is 11.7. The van der Waals surface area contributed by atoms with Crippen molar-refractivity contribution in [2.45, 2.75) is 36.9 Å². The predicted molar refractivity (Wildman–Crippen MR) is 124 cm³/mol. The number of thioether (sulfide) groups is 1. The molecular formula is C24H23N5O3S. The second-order valence-corrected chi connectivity index (χ2v) is 8.40. The van der Waals surface area contributed by atoms with E-state index in [1.54, 1.807) is 6.08 Å². The van der Waals surface area contributed by atoms with E-state index in [0.717, 1.165) is 22.9 Å². The first kappa shape index (κ1) is 21.3. The Hall–Kier alpha value is -3.59. The number of hydrogen-bond acceptors (Lipinski definition) is 8. The summed E-state index contributed by atoms with van der Waals surface area (Å²) in [5.41, 5.74) is 2.20. The topological polar surface area (TPSA) is 88.1 Å². The maximum absolute atomic E-state index is 6.12. The third kappa shape index (κ3) is 4.49. The van der Waals surface area contributed by atoms with E-state index < -0.39 is 0 Å². The van der Waals surface area contributed by atoms with Crippen molar-refractivity contribution < 1.29 is 14.0 Å². The smallest absolute Gasteiger partial charge is 0.237 e. The maximum Gasteiger partial charge on any atom is 0.237 e. The second-order valence-electron chi connectivity index (χ2n) is 7.46. The van der Waals surface area contributed by atoms with Crippen LogP contribution in [0, 0.1) is 0 Å². The summed E-state index contributed by atoms with van der Waals surface area (Å²) in [6.07, 6.45) is 2.44. The number of nitrogens with zero attached hydrogens (tertiary/aromatic N) is 5. The summed E-state index contributed by atoms with van der Waals surface area (Å²) in [6.45, 7) is 6.90. The molecule has 0 bridgehead atoms. The summed E-state index contributed by atoms with van der Waals surface area (Å²) in [6, 6.07) is 15.8. The van der Waals surface area contributed by atoms with Gasteiger partial charge in [-0.15, -0.1) is 16.8 Å². The van der Waals surface area contributed by atoms with E-state index in [1.165, 1.54) is 17.3 Å². The number of para-hydroxylation sites is 2. The molecule has 3 heterocycles. The highest BCUT2D eigenvalue weighted by atomic mass is 32.2. The van der Waals surface area contributed by atoms with E-state index in [9.17, 15) is 0 Å². The molecule has 5 rings (SSSR count). The average Bonchev–Trinajstić information content (AvgIpc) is 3.50. The molecule has 8 nitrogen and oxygen atoms in total. The van der Waals surface area contributed by atoms with Crippen LogP contribution < -0.4 is 9.47 Å². The van der Waals surface area contributed by atoms with Gasteiger partial charge in [0, 0.05) is 12.1 Å². The number of hydrogen-bond donors (Lipinski definition) is 0. The Balaban J connectivity index is 1.30. The van der Waals surface area contributed by atoms with E-state index in [4.69, 9.17) is 14.0 Å². The molecule has 0 spiro atoms. The number of benzene rings is 2. The molecule has 2 aromatic heterocycles. The molecule has 4 aromatic rings. The van der Waals surface area contributed by atoms with Gasteiger partial charge in [-0.2, -0.15) is 4.98 Å². The first-order valence-electron chi connectivity index (χ1n) is 10.7. The van der Waals surface area contributed by atoms with E-state index in [1.807, 2.05) is 41.0 Å². The molecular weight excluding hydrogens is 438 g/mol. The van der Waals surface area contributed by atoms with Gasteiger partial charge in [-0.3, -0.25) is 4.57 Å². The van der Waals surface area contributed by atoms with Crippen molar-refractivity contribution in [3.8, 4) is 22.9 Å². The van der Waals surface area contributed by atoms with Crippen LogP contribution in [0.4, 0.5) is 0 Å². The van der Waals surface area contributed by atoms with Crippen LogP contribution in [0.2, 0.25) is 0 Å². The minimum absolute atomic E-state index is 0.359. The summed E-state index contributed by atoms with van der Waals surface area (Å²) in [7, 11) is 0. The molecule has 33 heavy (non-hydrogen) atoms. The van der Waals surface area contributed by atoms with Crippen molar-refractivity contribution in [1.29, 1.82) is 0 Å². The lowest BCUT2D eigenvalue weighted by Crippen LogP contribution is -2.25. The van der Waals surface area contributed by atoms with E-state index in [0.29, 0.717) is 42.2 Å². The van der Waals surface area contributed by atoms with Crippen LogP contribution in [0.5, 0.6) is 11.5 Å². The highest BCUT2D eigenvalue weighted by molar-refractivity contribution is 7.98. The highest BCUT2D eigenvalue weighted by Crippen LogP contribution is 2.36. The summed E-state index contributed by atoms with van der Waals surface area (Å²) < 4.78 is 19.4. The van der Waals surface area contributed by atoms with Crippen molar-refractivity contribution in [3.63, 3.8) is 0 Å². The molecule has 1 aliphatic heterocycles. The third-order valence-corrected chi connectivity index (χ3v) is 6.22. The summed E-state index contributed by atoms with van der Waals surface area (Å²) >= 11 is 1.47. The minimum Gasteiger partial charge on any atom is -0.485 e. The zero-order valence-corrected chi connectivity index (χ0v) is 19.0. The van der Waals surface area contributed by atoms with Gasteiger partial charge in [-0.1, -0.05) is 66.3 Å². The molecule has 0 saturated carbocycles. The van der Waals surface area contributed by atoms with Crippen LogP contribution in [0.15, 0.2) is 70.9 Å². The standard InChI is InChI=1S/C24H23N5O3S/c1-3-13-29-23(20-14-30-18-7-5-6-8-19(18)31-20)26-27-24(29)33-15-21-25-22(28-32-21)17-11-9-16(4-2)10-12-17/h3,5-12,20H,1,4,13-15H2,2H3/t20-/m1/s1. The Morgan fingerprint density at radius 2 is 1.94 bits per heavy atom. The van der Waals surface area contributed by atoms with Gasteiger partial charge < -0.3 is 14.0 Å². The Bertz CT molecular complexity index is 1250. The number of aromatic nitrogens is 5. The fourth-order valence-electron chi connectivity index (χ4n) is 3.54. The molecule has 168 valence electrons. The highest BCUT2D eigenvalue weighted by Gasteiger charge is 2.28. The van der Waals surface area contributed by atoms with Gasteiger partial charge in [0.15, 0.2) is 28.6 Å². The van der Waals surface area contributed by atoms with Crippen molar-refractivity contribution in [1.82, 2.24) is 24.9 Å². The predicted octanol–water partition coefficient (Wildman–Crippen LogP) is 4.88. The lowest BCUT2D eigenvalue weighted by Gasteiger charge is -2.26. The van der Waals surface area contributed by atoms with Crippen molar-refractivity contribution in [2.24, 2.45) is 0 Å². The molecule has 1 atom stereocenters. The van der Waals surface area contributed by atoms with Gasteiger partial charge in [0.1, 0.15) is 6.61 Å². The van der Waals surface area contributed by atoms with Gasteiger partial charge in [-0.25, -0.2) is 0 Å². The van der Waals surface area contributed by atoms with Crippen LogP contribution in [-0.4, -0.2) is 31.5 Å². The average molecular weight is 462 g/mol. The van der Waals surface area contributed by atoms with Crippen LogP contribution in [0.3, 0.4) is 0 Å². The second kappa shape index (κ2) is 9.50. The normalized spacial score (nSPS) is 14.9. The summed E-state index contributed by atoms with van der Waals surface area (Å²) in [5, 5.41) is 13.6. The monoisotopic (exact) mass is 461 g/mol. The number of ether oxygens (including phenoxy) is 2. The quantitative estimate of drug-likeness (QED) is 0.271. The lowest BCUT2D eigenvalue weighted by molar-refractivity contribution is 0.0821. The fraction of sp³-hybridized carbons (Fsp3) is 0.250. The first-order chi connectivity index (χ1) is 16.2. The Labute approximate surface area is 195 Å². The lowest BCUT2D eigenvalue weighted by atomic mass is 10.1. The van der Waals surface area contributed by atoms with Gasteiger partial charge in [0.05, 0.1) is 5.75 Å². The number of rotatable bonds is 8. The van der Waals surface area contributed by atoms with E-state index in [2.05, 4.69) is 46.0 Å². The Morgan fingerprint density at radius 3 is 2.73 bits per heavy atom. The summed E-state index contributed by atoms with van der Waals surface area (Å²) in [5.74, 6) is 3.69. The fourth-order valence-corrected chi connectivity index (χ4v) is 4.33. The SMILES string of the molecule is C=CCn1c(SCc2nc(-c3ccc(CC)cc3)no2)nnc1[C@H]1COc2ccccc2O1. The van der Waals surface area contributed by atoms with Crippen molar-refractivity contribution in [3.05, 3.63) is 78.5 Å². The number of aryl methyl sites for hydroxylation is 1. The molecule has 9 heteroatoms. The van der Waals surface area contributed by atoms with E-state index in [-0.39, 0.29) is 6.10 Å². The van der Waals surface area contributed by atoms with Crippen molar-refractivity contribution in [2.75, 3.05) is 6.61 Å². The van der Waals surface area contributed by atoms with Crippen LogP contribution in [0.1, 0.15) is 30.3 Å². The molecule has 0 aliphatic carbocycles. The molecule has 0 saturated heterocycles. The Morgan fingerprint density at radius 1 is 1.12 bits per heavy atom. The molecule has 0 amide bonds. The zero-order valence-electron chi connectivity index (χ0n) is 18.2. The molecule has 0 unspecified atom stereocenters. The van der Waals surface area contributed by atoms with Crippen LogP contribution in [-0.2, 0) is 18.7 Å². The van der Waals surface area contributed by atoms with Gasteiger partial charge >= 0.3 is 0 Å². The summed E-state index contributed by atoms with van der Waals surface area (Å²) in [4.78, 5) is 4.53. The molecule has 1 aliphatic rings. The Kier molecular flexibility index (Phi) is 6.12. The molecule has 2 aromatic carbocycles. The maximum atomic E-state index is 6.12. The number of fused-ring (bicyclic) bond motifs is 1. The van der Waals surface area contributed by atoms with Gasteiger partial charge in [0.25, 0.3) is 0 Å². The molecule has 0 N–H and O–H groups in total. The third-order valence-electron chi connectivity index (χ3n) is 5.27. The van der Waals surface area contributed by atoms with E-state index >= 15 is 0 Å². The number of allylic oxidation sites excluding steroid dienone is 1. The van der Waals surface area contributed by atoms with Crippen LogP contribution >= 0.6 is 11.8 Å². The minimum atomic E-state index is -0.359. The van der Waals surface area contributed by atoms with Gasteiger partial charge in [0.2, 0.25) is 11.7 Å². The molecule has 0 fully saturated rings. The van der Waals surface area contributed by atoms with Crippen molar-refractivity contribution >= 4 is 11.8 Å².